The maximum absolute atomic E-state index is 13.4. The number of piperidine rings is 1. The van der Waals surface area contributed by atoms with Crippen molar-refractivity contribution < 1.29 is 18.0 Å². The molecular weight excluding hydrogens is 594 g/mol. The van der Waals surface area contributed by atoms with E-state index in [0.29, 0.717) is 32.5 Å². The highest BCUT2D eigenvalue weighted by Gasteiger charge is 2.32. The summed E-state index contributed by atoms with van der Waals surface area (Å²) in [7, 11) is -3.69. The number of sulfone groups is 1. The van der Waals surface area contributed by atoms with Gasteiger partial charge in [0.05, 0.1) is 15.5 Å². The molecule has 2 aliphatic heterocycles. The minimum absolute atomic E-state index is 0.0171. The van der Waals surface area contributed by atoms with Gasteiger partial charge in [0.1, 0.15) is 6.54 Å². The molecule has 1 N–H and O–H groups in total. The maximum Gasteiger partial charge on any atom is 0.331 e. The van der Waals surface area contributed by atoms with Crippen molar-refractivity contribution in [2.75, 3.05) is 31.2 Å². The number of carbonyl (C=O) groups is 2. The number of aromatic nitrogens is 2. The Morgan fingerprint density at radius 3 is 2.37 bits per heavy atom. The Morgan fingerprint density at radius 1 is 1.00 bits per heavy atom. The first-order chi connectivity index (χ1) is 20.4. The quantitative estimate of drug-likeness (QED) is 0.446. The van der Waals surface area contributed by atoms with Gasteiger partial charge in [0.2, 0.25) is 5.91 Å². The van der Waals surface area contributed by atoms with Gasteiger partial charge in [-0.1, -0.05) is 41.9 Å². The molecule has 11 nitrogen and oxygen atoms in total. The molecule has 43 heavy (non-hydrogen) atoms. The van der Waals surface area contributed by atoms with Crippen LogP contribution in [0.3, 0.4) is 0 Å². The Labute approximate surface area is 254 Å². The first kappa shape index (κ1) is 30.6. The van der Waals surface area contributed by atoms with Crippen LogP contribution in [0.1, 0.15) is 38.3 Å². The van der Waals surface area contributed by atoms with Gasteiger partial charge in [-0.2, -0.15) is 0 Å². The number of urea groups is 1. The van der Waals surface area contributed by atoms with Gasteiger partial charge < -0.3 is 15.1 Å². The SMILES string of the molecule is CC(C)n1c(=O)c(-c2cccc(S(C)(=O)=O)c2Cl)cn(CC(=O)N2CCC(N3CCc4ccccc4NC3=O)CC2)c1=O. The number of amides is 3. The van der Waals surface area contributed by atoms with E-state index < -0.39 is 27.1 Å². The molecular formula is C30H34ClN5O6S. The topological polar surface area (TPSA) is 131 Å². The molecule has 0 radical (unpaired) electrons. The van der Waals surface area contributed by atoms with Gasteiger partial charge >= 0.3 is 11.7 Å². The predicted molar refractivity (Wildman–Crippen MR) is 164 cm³/mol. The highest BCUT2D eigenvalue weighted by molar-refractivity contribution is 7.90. The second-order valence-corrected chi connectivity index (χ2v) is 13.6. The number of likely N-dealkylation sites (tertiary alicyclic amines) is 1. The minimum atomic E-state index is -3.69. The molecule has 3 heterocycles. The molecule has 2 aliphatic rings. The predicted octanol–water partition coefficient (Wildman–Crippen LogP) is 3.40. The normalized spacial score (nSPS) is 16.2. The van der Waals surface area contributed by atoms with Crippen molar-refractivity contribution in [3.05, 3.63) is 80.1 Å². The summed E-state index contributed by atoms with van der Waals surface area (Å²) < 4.78 is 26.7. The second-order valence-electron chi connectivity index (χ2n) is 11.3. The summed E-state index contributed by atoms with van der Waals surface area (Å²) >= 11 is 6.45. The Kier molecular flexibility index (Phi) is 8.53. The van der Waals surface area contributed by atoms with E-state index >= 15 is 0 Å². The molecule has 3 aromatic rings. The average molecular weight is 628 g/mol. The maximum atomic E-state index is 13.4. The highest BCUT2D eigenvalue weighted by atomic mass is 35.5. The van der Waals surface area contributed by atoms with Gasteiger partial charge in [-0.3, -0.25) is 18.7 Å². The summed E-state index contributed by atoms with van der Waals surface area (Å²) in [5.41, 5.74) is 0.799. The first-order valence-corrected chi connectivity index (χ1v) is 16.4. The number of benzene rings is 2. The first-order valence-electron chi connectivity index (χ1n) is 14.1. The monoisotopic (exact) mass is 627 g/mol. The zero-order valence-corrected chi connectivity index (χ0v) is 25.8. The van der Waals surface area contributed by atoms with Crippen LogP contribution >= 0.6 is 11.6 Å². The van der Waals surface area contributed by atoms with Gasteiger partial charge in [-0.05, 0) is 50.8 Å². The third-order valence-electron chi connectivity index (χ3n) is 8.06. The molecule has 0 unspecified atom stereocenters. The highest BCUT2D eigenvalue weighted by Crippen LogP contribution is 2.31. The number of hydrogen-bond acceptors (Lipinski definition) is 6. The summed E-state index contributed by atoms with van der Waals surface area (Å²) in [6.45, 7) is 4.44. The van der Waals surface area contributed by atoms with Crippen molar-refractivity contribution in [2.24, 2.45) is 0 Å². The fourth-order valence-electron chi connectivity index (χ4n) is 5.79. The Bertz CT molecular complexity index is 1810. The fourth-order valence-corrected chi connectivity index (χ4v) is 7.20. The molecule has 0 saturated carbocycles. The molecule has 1 saturated heterocycles. The van der Waals surface area contributed by atoms with Crippen LogP contribution in [0.15, 0.2) is 63.1 Å². The zero-order valence-electron chi connectivity index (χ0n) is 24.2. The van der Waals surface area contributed by atoms with Crippen LogP contribution in [0, 0.1) is 0 Å². The van der Waals surface area contributed by atoms with Gasteiger partial charge in [0, 0.05) is 55.4 Å². The molecule has 0 bridgehead atoms. The van der Waals surface area contributed by atoms with Crippen molar-refractivity contribution in [1.29, 1.82) is 0 Å². The number of halogens is 1. The molecule has 228 valence electrons. The van der Waals surface area contributed by atoms with Crippen LogP contribution in [-0.4, -0.2) is 71.2 Å². The van der Waals surface area contributed by atoms with Gasteiger partial charge in [0.25, 0.3) is 5.56 Å². The lowest BCUT2D eigenvalue weighted by molar-refractivity contribution is -0.133. The fraction of sp³-hybridized carbons (Fsp3) is 0.400. The summed E-state index contributed by atoms with van der Waals surface area (Å²) in [6, 6.07) is 11.4. The molecule has 0 atom stereocenters. The van der Waals surface area contributed by atoms with E-state index in [9.17, 15) is 27.6 Å². The van der Waals surface area contributed by atoms with E-state index in [2.05, 4.69) is 5.32 Å². The molecule has 2 aromatic carbocycles. The lowest BCUT2D eigenvalue weighted by Crippen LogP contribution is -2.51. The van der Waals surface area contributed by atoms with Crippen LogP contribution < -0.4 is 16.6 Å². The number of hydrogen-bond donors (Lipinski definition) is 1. The van der Waals surface area contributed by atoms with E-state index in [1.807, 2.05) is 29.2 Å². The molecule has 5 rings (SSSR count). The number of rotatable bonds is 6. The molecule has 1 fully saturated rings. The number of para-hydroxylation sites is 1. The van der Waals surface area contributed by atoms with E-state index in [0.717, 1.165) is 28.5 Å². The number of nitrogens with one attached hydrogen (secondary N) is 1. The number of fused-ring (bicyclic) bond motifs is 1. The van der Waals surface area contributed by atoms with Crippen LogP contribution in [0.25, 0.3) is 11.1 Å². The van der Waals surface area contributed by atoms with Crippen molar-refractivity contribution in [1.82, 2.24) is 18.9 Å². The number of carbonyl (C=O) groups excluding carboxylic acids is 2. The van der Waals surface area contributed by atoms with Gasteiger partial charge in [-0.25, -0.2) is 18.0 Å². The third-order valence-corrected chi connectivity index (χ3v) is 9.72. The van der Waals surface area contributed by atoms with Gasteiger partial charge in [-0.15, -0.1) is 0 Å². The summed E-state index contributed by atoms with van der Waals surface area (Å²) in [6.07, 6.45) is 4.22. The molecule has 0 aliphatic carbocycles. The van der Waals surface area contributed by atoms with Crippen LogP contribution in [0.5, 0.6) is 0 Å². The molecule has 3 amide bonds. The lowest BCUT2D eigenvalue weighted by atomic mass is 10.0. The smallest absolute Gasteiger partial charge is 0.331 e. The Hall–Kier alpha value is -3.90. The van der Waals surface area contributed by atoms with Gasteiger partial charge in [0.15, 0.2) is 9.84 Å². The van der Waals surface area contributed by atoms with E-state index in [-0.39, 0.29) is 45.6 Å². The van der Waals surface area contributed by atoms with Crippen molar-refractivity contribution in [3.8, 4) is 11.1 Å². The second kappa shape index (κ2) is 12.0. The average Bonchev–Trinajstić information content (AvgIpc) is 3.12. The van der Waals surface area contributed by atoms with Crippen molar-refractivity contribution in [3.63, 3.8) is 0 Å². The third kappa shape index (κ3) is 6.12. The molecule has 13 heteroatoms. The Balaban J connectivity index is 1.36. The van der Waals surface area contributed by atoms with Crippen molar-refractivity contribution >= 4 is 39.1 Å². The summed E-state index contributed by atoms with van der Waals surface area (Å²) in [5.74, 6) is -0.302. The largest absolute Gasteiger partial charge is 0.341 e. The van der Waals surface area contributed by atoms with E-state index in [4.69, 9.17) is 11.6 Å². The number of anilines is 1. The number of nitrogens with zero attached hydrogens (tertiary/aromatic N) is 4. The molecule has 0 spiro atoms. The standard InChI is InChI=1S/C30H34ClN5O6S/c1-19(2)36-28(38)23(22-8-6-10-25(27(22)31)43(3,41)42)17-34(30(36)40)18-26(37)33-14-12-21(13-15-33)35-16-11-20-7-4-5-9-24(20)32-29(35)39/h4-10,17,19,21H,11-16,18H2,1-3H3,(H,32,39). The van der Waals surface area contributed by atoms with Crippen molar-refractivity contribution in [2.45, 2.75) is 56.6 Å². The summed E-state index contributed by atoms with van der Waals surface area (Å²) in [5, 5.41) is 2.87. The van der Waals surface area contributed by atoms with Crippen LogP contribution in [-0.2, 0) is 27.6 Å². The Morgan fingerprint density at radius 2 is 1.70 bits per heavy atom. The zero-order chi connectivity index (χ0) is 31.1. The van der Waals surface area contributed by atoms with Crippen LogP contribution in [0.2, 0.25) is 5.02 Å². The summed E-state index contributed by atoms with van der Waals surface area (Å²) in [4.78, 5) is 56.5. The van der Waals surface area contributed by atoms with E-state index in [1.165, 1.54) is 29.0 Å². The lowest BCUT2D eigenvalue weighted by Gasteiger charge is -2.38. The molecule has 1 aromatic heterocycles. The van der Waals surface area contributed by atoms with Crippen LogP contribution in [0.4, 0.5) is 10.5 Å². The van der Waals surface area contributed by atoms with E-state index in [1.54, 1.807) is 18.7 Å². The minimum Gasteiger partial charge on any atom is -0.341 e.